The number of ether oxygens (including phenoxy) is 1. The fourth-order valence-corrected chi connectivity index (χ4v) is 1.64. The molecule has 0 fully saturated rings. The fourth-order valence-electron chi connectivity index (χ4n) is 1.23. The molecule has 1 atom stereocenters. The minimum absolute atomic E-state index is 0.00139. The zero-order valence-electron chi connectivity index (χ0n) is 10.3. The second-order valence-corrected chi connectivity index (χ2v) is 4.23. The molecule has 1 amide bonds. The summed E-state index contributed by atoms with van der Waals surface area (Å²) in [6.07, 6.45) is 5.95. The van der Waals surface area contributed by atoms with Gasteiger partial charge in [-0.1, -0.05) is 6.08 Å². The second-order valence-electron chi connectivity index (χ2n) is 3.67. The third-order valence-corrected chi connectivity index (χ3v) is 2.67. The highest BCUT2D eigenvalue weighted by Gasteiger charge is 2.11. The zero-order chi connectivity index (χ0) is 13.4. The van der Waals surface area contributed by atoms with Crippen molar-refractivity contribution in [3.05, 3.63) is 24.0 Å². The molecule has 0 aliphatic rings. The number of aromatic nitrogens is 2. The van der Waals surface area contributed by atoms with Crippen molar-refractivity contribution in [2.45, 2.75) is 25.8 Å². The van der Waals surface area contributed by atoms with Crippen molar-refractivity contribution in [3.8, 4) is 0 Å². The summed E-state index contributed by atoms with van der Waals surface area (Å²) in [5, 5.41) is 2.80. The van der Waals surface area contributed by atoms with Crippen LogP contribution < -0.4 is 5.32 Å². The Morgan fingerprint density at radius 2 is 2.39 bits per heavy atom. The third kappa shape index (κ3) is 5.05. The molecule has 1 heterocycles. The van der Waals surface area contributed by atoms with Crippen molar-refractivity contribution >= 4 is 23.6 Å². The van der Waals surface area contributed by atoms with Gasteiger partial charge >= 0.3 is 5.97 Å². The maximum absolute atomic E-state index is 11.6. The van der Waals surface area contributed by atoms with Gasteiger partial charge in [0.05, 0.1) is 25.0 Å². The lowest BCUT2D eigenvalue weighted by Gasteiger charge is -2.11. The van der Waals surface area contributed by atoms with Crippen molar-refractivity contribution in [3.63, 3.8) is 0 Å². The standard InChI is InChI=1S/C11H15N3O3S/c1-8(5-3-4-6-10(15)17-2)13-11(16)9-7-12-18-14-9/h4,6-8H,3,5H2,1-2H3,(H,13,16)/b6-4+/t8-/m1/s1. The van der Waals surface area contributed by atoms with Crippen LogP contribution in [0.5, 0.6) is 0 Å². The summed E-state index contributed by atoms with van der Waals surface area (Å²) < 4.78 is 12.1. The van der Waals surface area contributed by atoms with E-state index in [9.17, 15) is 9.59 Å². The van der Waals surface area contributed by atoms with Crippen LogP contribution in [0.15, 0.2) is 18.3 Å². The van der Waals surface area contributed by atoms with E-state index in [-0.39, 0.29) is 17.9 Å². The molecule has 0 radical (unpaired) electrons. The number of hydrogen-bond donors (Lipinski definition) is 1. The lowest BCUT2D eigenvalue weighted by atomic mass is 10.1. The Balaban J connectivity index is 2.25. The number of esters is 1. The van der Waals surface area contributed by atoms with E-state index in [1.165, 1.54) is 19.4 Å². The monoisotopic (exact) mass is 269 g/mol. The number of carbonyl (C=O) groups excluding carboxylic acids is 2. The largest absolute Gasteiger partial charge is 0.466 e. The van der Waals surface area contributed by atoms with Crippen molar-refractivity contribution in [2.24, 2.45) is 0 Å². The van der Waals surface area contributed by atoms with Crippen LogP contribution in [0, 0.1) is 0 Å². The Hall–Kier alpha value is -1.76. The molecule has 0 aliphatic carbocycles. The lowest BCUT2D eigenvalue weighted by Crippen LogP contribution is -2.32. The van der Waals surface area contributed by atoms with E-state index in [4.69, 9.17) is 0 Å². The van der Waals surface area contributed by atoms with E-state index in [0.29, 0.717) is 12.1 Å². The molecular weight excluding hydrogens is 254 g/mol. The SMILES string of the molecule is COC(=O)/C=C/CC[C@@H](C)NC(=O)c1cnsn1. The van der Waals surface area contributed by atoms with Gasteiger partial charge in [0.1, 0.15) is 0 Å². The predicted octanol–water partition coefficient (Wildman–Crippen LogP) is 1.17. The van der Waals surface area contributed by atoms with Gasteiger partial charge in [-0.2, -0.15) is 8.75 Å². The van der Waals surface area contributed by atoms with Crippen LogP contribution in [0.4, 0.5) is 0 Å². The van der Waals surface area contributed by atoms with E-state index in [2.05, 4.69) is 18.8 Å². The van der Waals surface area contributed by atoms with Gasteiger partial charge in [-0.05, 0) is 19.8 Å². The molecule has 98 valence electrons. The van der Waals surface area contributed by atoms with E-state index >= 15 is 0 Å². The molecule has 0 bridgehead atoms. The van der Waals surface area contributed by atoms with Crippen LogP contribution in [0.2, 0.25) is 0 Å². The Bertz CT molecular complexity index is 417. The maximum Gasteiger partial charge on any atom is 0.330 e. The number of methoxy groups -OCH3 is 1. The van der Waals surface area contributed by atoms with Crippen molar-refractivity contribution in [1.29, 1.82) is 0 Å². The van der Waals surface area contributed by atoms with E-state index < -0.39 is 0 Å². The van der Waals surface area contributed by atoms with Gasteiger partial charge < -0.3 is 10.1 Å². The van der Waals surface area contributed by atoms with Gasteiger partial charge in [0.25, 0.3) is 5.91 Å². The molecule has 18 heavy (non-hydrogen) atoms. The number of nitrogens with zero attached hydrogens (tertiary/aromatic N) is 2. The molecule has 0 aromatic carbocycles. The highest BCUT2D eigenvalue weighted by molar-refractivity contribution is 6.99. The van der Waals surface area contributed by atoms with E-state index in [1.807, 2.05) is 6.92 Å². The summed E-state index contributed by atoms with van der Waals surface area (Å²) in [5.74, 6) is -0.603. The van der Waals surface area contributed by atoms with E-state index in [1.54, 1.807) is 6.08 Å². The molecule has 0 saturated heterocycles. The molecule has 6 nitrogen and oxygen atoms in total. The molecule has 0 saturated carbocycles. The number of rotatable bonds is 6. The van der Waals surface area contributed by atoms with Crippen molar-refractivity contribution in [2.75, 3.05) is 7.11 Å². The fraction of sp³-hybridized carbons (Fsp3) is 0.455. The first kappa shape index (κ1) is 14.3. The molecule has 1 rings (SSSR count). The second kappa shape index (κ2) is 7.54. The van der Waals surface area contributed by atoms with Crippen LogP contribution in [0.25, 0.3) is 0 Å². The van der Waals surface area contributed by atoms with Gasteiger partial charge in [-0.15, -0.1) is 0 Å². The predicted molar refractivity (Wildman–Crippen MR) is 67.2 cm³/mol. The van der Waals surface area contributed by atoms with Crippen LogP contribution in [-0.2, 0) is 9.53 Å². The first-order valence-electron chi connectivity index (χ1n) is 5.46. The first-order valence-corrected chi connectivity index (χ1v) is 6.19. The Morgan fingerprint density at radius 1 is 1.61 bits per heavy atom. The Morgan fingerprint density at radius 3 is 3.00 bits per heavy atom. The third-order valence-electron chi connectivity index (χ3n) is 2.19. The molecule has 7 heteroatoms. The Kier molecular flexibility index (Phi) is 5.99. The number of carbonyl (C=O) groups is 2. The van der Waals surface area contributed by atoms with Gasteiger partial charge in [-0.25, -0.2) is 4.79 Å². The number of amides is 1. The lowest BCUT2D eigenvalue weighted by molar-refractivity contribution is -0.134. The highest BCUT2D eigenvalue weighted by atomic mass is 32.1. The van der Waals surface area contributed by atoms with Crippen molar-refractivity contribution < 1.29 is 14.3 Å². The maximum atomic E-state index is 11.6. The number of allylic oxidation sites excluding steroid dienone is 1. The molecule has 0 aliphatic heterocycles. The quantitative estimate of drug-likeness (QED) is 0.619. The summed E-state index contributed by atoms with van der Waals surface area (Å²) in [6.45, 7) is 1.89. The molecule has 0 spiro atoms. The van der Waals surface area contributed by atoms with Crippen molar-refractivity contribution in [1.82, 2.24) is 14.1 Å². The molecule has 1 N–H and O–H groups in total. The van der Waals surface area contributed by atoms with Gasteiger partial charge in [-0.3, -0.25) is 4.79 Å². The van der Waals surface area contributed by atoms with Crippen LogP contribution in [-0.4, -0.2) is 33.8 Å². The van der Waals surface area contributed by atoms with Gasteiger partial charge in [0, 0.05) is 12.1 Å². The van der Waals surface area contributed by atoms with Crippen LogP contribution in [0.3, 0.4) is 0 Å². The molecule has 1 aromatic heterocycles. The number of nitrogens with one attached hydrogen (secondary N) is 1. The average molecular weight is 269 g/mol. The smallest absolute Gasteiger partial charge is 0.330 e. The van der Waals surface area contributed by atoms with Crippen LogP contribution >= 0.6 is 11.7 Å². The minimum Gasteiger partial charge on any atom is -0.466 e. The average Bonchev–Trinajstić information content (AvgIpc) is 2.88. The first-order chi connectivity index (χ1) is 8.63. The molecular formula is C11H15N3O3S. The summed E-state index contributed by atoms with van der Waals surface area (Å²) >= 11 is 0.999. The summed E-state index contributed by atoms with van der Waals surface area (Å²) in [5.41, 5.74) is 0.331. The molecule has 1 aromatic rings. The Labute approximate surface area is 109 Å². The topological polar surface area (TPSA) is 81.2 Å². The normalized spacial score (nSPS) is 12.3. The minimum atomic E-state index is -0.375. The number of hydrogen-bond acceptors (Lipinski definition) is 6. The van der Waals surface area contributed by atoms with Gasteiger partial charge in [0.2, 0.25) is 0 Å². The summed E-state index contributed by atoms with van der Waals surface area (Å²) in [7, 11) is 1.33. The zero-order valence-corrected chi connectivity index (χ0v) is 11.1. The summed E-state index contributed by atoms with van der Waals surface area (Å²) in [6, 6.07) is 0.00139. The molecule has 0 unspecified atom stereocenters. The van der Waals surface area contributed by atoms with Crippen LogP contribution in [0.1, 0.15) is 30.3 Å². The van der Waals surface area contributed by atoms with E-state index in [0.717, 1.165) is 18.1 Å². The summed E-state index contributed by atoms with van der Waals surface area (Å²) in [4.78, 5) is 22.4. The van der Waals surface area contributed by atoms with Gasteiger partial charge in [0.15, 0.2) is 5.69 Å². The highest BCUT2D eigenvalue weighted by Crippen LogP contribution is 2.01.